The van der Waals surface area contributed by atoms with Crippen molar-refractivity contribution in [2.24, 2.45) is 0 Å². The molecule has 0 bridgehead atoms. The number of hydrogen-bond acceptors (Lipinski definition) is 6. The van der Waals surface area contributed by atoms with E-state index < -0.39 is 17.7 Å². The molecule has 0 radical (unpaired) electrons. The van der Waals surface area contributed by atoms with E-state index >= 15 is 0 Å². The first-order chi connectivity index (χ1) is 15.6. The number of fused-ring (bicyclic) bond motifs is 2. The van der Waals surface area contributed by atoms with Crippen molar-refractivity contribution >= 4 is 50.1 Å². The summed E-state index contributed by atoms with van der Waals surface area (Å²) in [4.78, 5) is 17.8. The molecule has 1 N–H and O–H groups in total. The van der Waals surface area contributed by atoms with Gasteiger partial charge in [0.1, 0.15) is 12.4 Å². The molecule has 1 aromatic heterocycles. The van der Waals surface area contributed by atoms with E-state index in [-0.39, 0.29) is 0 Å². The standard InChI is InChI=1S/C25H26BrClN2O4/c1-13-19(23(24(30)31-5)33-25(2,3)4)20(15-7-6-14(26)12-17(15)29-13)16-8-9-18-22(21(16)27)28-10-11-32-18/h6-9,12,23,28H,10-11H2,1-5H3. The molecular weight excluding hydrogens is 508 g/mol. The van der Waals surface area contributed by atoms with Crippen LogP contribution in [-0.4, -0.2) is 36.8 Å². The minimum atomic E-state index is -0.984. The average Bonchev–Trinajstić information content (AvgIpc) is 2.76. The highest BCUT2D eigenvalue weighted by Crippen LogP contribution is 2.47. The highest BCUT2D eigenvalue weighted by molar-refractivity contribution is 9.10. The highest BCUT2D eigenvalue weighted by atomic mass is 79.9. The van der Waals surface area contributed by atoms with Gasteiger partial charge in [-0.1, -0.05) is 33.6 Å². The molecule has 1 unspecified atom stereocenters. The molecule has 0 saturated carbocycles. The van der Waals surface area contributed by atoms with Crippen LogP contribution < -0.4 is 10.1 Å². The minimum Gasteiger partial charge on any atom is -0.490 e. The molecule has 2 aromatic carbocycles. The van der Waals surface area contributed by atoms with Crippen molar-refractivity contribution in [3.63, 3.8) is 0 Å². The van der Waals surface area contributed by atoms with Crippen LogP contribution in [0.2, 0.25) is 5.02 Å². The zero-order chi connectivity index (χ0) is 23.9. The first-order valence-electron chi connectivity index (χ1n) is 10.7. The number of nitrogens with zero attached hydrogens (tertiary/aromatic N) is 1. The molecule has 33 heavy (non-hydrogen) atoms. The van der Waals surface area contributed by atoms with Crippen molar-refractivity contribution in [1.29, 1.82) is 0 Å². The maximum atomic E-state index is 13.0. The van der Waals surface area contributed by atoms with Crippen LogP contribution in [-0.2, 0) is 14.3 Å². The maximum Gasteiger partial charge on any atom is 0.339 e. The van der Waals surface area contributed by atoms with Crippen molar-refractivity contribution in [2.45, 2.75) is 39.4 Å². The van der Waals surface area contributed by atoms with Crippen molar-refractivity contribution in [3.05, 3.63) is 51.1 Å². The number of carbonyl (C=O) groups excluding carboxylic acids is 1. The number of methoxy groups -OCH3 is 1. The first kappa shape index (κ1) is 23.8. The molecule has 0 saturated heterocycles. The number of anilines is 1. The molecule has 0 amide bonds. The SMILES string of the molecule is COC(=O)C(OC(C)(C)C)c1c(C)nc2cc(Br)ccc2c1-c1ccc2c(c1Cl)NCCO2. The third-order valence-corrected chi connectivity index (χ3v) is 6.25. The zero-order valence-corrected chi connectivity index (χ0v) is 21.6. The molecule has 1 atom stereocenters. The lowest BCUT2D eigenvalue weighted by molar-refractivity contribution is -0.164. The van der Waals surface area contributed by atoms with Crippen molar-refractivity contribution in [3.8, 4) is 16.9 Å². The summed E-state index contributed by atoms with van der Waals surface area (Å²) < 4.78 is 18.0. The van der Waals surface area contributed by atoms with Crippen LogP contribution in [0.25, 0.3) is 22.0 Å². The van der Waals surface area contributed by atoms with E-state index in [1.807, 2.05) is 58.0 Å². The summed E-state index contributed by atoms with van der Waals surface area (Å²) in [7, 11) is 1.36. The van der Waals surface area contributed by atoms with Gasteiger partial charge in [-0.25, -0.2) is 4.79 Å². The first-order valence-corrected chi connectivity index (χ1v) is 11.8. The summed E-state index contributed by atoms with van der Waals surface area (Å²) >= 11 is 10.5. The van der Waals surface area contributed by atoms with E-state index in [1.54, 1.807) is 0 Å². The monoisotopic (exact) mass is 532 g/mol. The largest absolute Gasteiger partial charge is 0.490 e. The van der Waals surface area contributed by atoms with Crippen LogP contribution in [0, 0.1) is 6.92 Å². The minimum absolute atomic E-state index is 0.497. The lowest BCUT2D eigenvalue weighted by atomic mass is 9.90. The highest BCUT2D eigenvalue weighted by Gasteiger charge is 2.34. The molecule has 1 aliphatic rings. The van der Waals surface area contributed by atoms with Crippen molar-refractivity contribution < 1.29 is 19.0 Å². The Hall–Kier alpha value is -2.35. The van der Waals surface area contributed by atoms with Crippen LogP contribution >= 0.6 is 27.5 Å². The van der Waals surface area contributed by atoms with Gasteiger partial charge in [0.2, 0.25) is 0 Å². The summed E-state index contributed by atoms with van der Waals surface area (Å²) in [6, 6.07) is 9.67. The zero-order valence-electron chi connectivity index (χ0n) is 19.2. The number of halogens is 2. The number of esters is 1. The Labute approximate surface area is 206 Å². The number of benzene rings is 2. The summed E-state index contributed by atoms with van der Waals surface area (Å²) in [6.07, 6.45) is -0.984. The van der Waals surface area contributed by atoms with Crippen LogP contribution in [0.5, 0.6) is 5.75 Å². The van der Waals surface area contributed by atoms with Gasteiger partial charge in [0.05, 0.1) is 28.9 Å². The van der Waals surface area contributed by atoms with Crippen molar-refractivity contribution in [2.75, 3.05) is 25.6 Å². The van der Waals surface area contributed by atoms with Gasteiger partial charge in [-0.2, -0.15) is 0 Å². The van der Waals surface area contributed by atoms with E-state index in [0.717, 1.165) is 32.2 Å². The number of nitrogens with one attached hydrogen (secondary N) is 1. The second kappa shape index (κ2) is 9.12. The lowest BCUT2D eigenvalue weighted by Gasteiger charge is -2.29. The molecule has 0 spiro atoms. The van der Waals surface area contributed by atoms with E-state index in [1.165, 1.54) is 7.11 Å². The fraction of sp³-hybridized carbons (Fsp3) is 0.360. The Balaban J connectivity index is 2.08. The third-order valence-electron chi connectivity index (χ3n) is 5.36. The van der Waals surface area contributed by atoms with Crippen LogP contribution in [0.3, 0.4) is 0 Å². The second-order valence-corrected chi connectivity index (χ2v) is 10.1. The Morgan fingerprint density at radius 2 is 2.03 bits per heavy atom. The molecule has 174 valence electrons. The summed E-state index contributed by atoms with van der Waals surface area (Å²) in [5, 5.41) is 4.70. The molecule has 0 fully saturated rings. The van der Waals surface area contributed by atoms with Gasteiger partial charge in [0.15, 0.2) is 6.10 Å². The lowest BCUT2D eigenvalue weighted by Crippen LogP contribution is -2.29. The van der Waals surface area contributed by atoms with Gasteiger partial charge in [-0.15, -0.1) is 0 Å². The number of carbonyl (C=O) groups is 1. The average molecular weight is 534 g/mol. The molecular formula is C25H26BrClN2O4. The molecule has 2 heterocycles. The fourth-order valence-corrected chi connectivity index (χ4v) is 4.71. The molecule has 8 heteroatoms. The van der Waals surface area contributed by atoms with Crippen LogP contribution in [0.1, 0.15) is 38.1 Å². The molecule has 1 aliphatic heterocycles. The second-order valence-electron chi connectivity index (χ2n) is 8.86. The predicted molar refractivity (Wildman–Crippen MR) is 134 cm³/mol. The number of ether oxygens (including phenoxy) is 3. The smallest absolute Gasteiger partial charge is 0.339 e. The number of aryl methyl sites for hydroxylation is 1. The maximum absolute atomic E-state index is 13.0. The van der Waals surface area contributed by atoms with Gasteiger partial charge < -0.3 is 19.5 Å². The Morgan fingerprint density at radius 3 is 2.73 bits per heavy atom. The number of pyridine rings is 1. The van der Waals surface area contributed by atoms with Gasteiger partial charge >= 0.3 is 5.97 Å². The third kappa shape index (κ3) is 4.67. The number of rotatable bonds is 4. The summed E-state index contributed by atoms with van der Waals surface area (Å²) in [6.45, 7) is 8.80. The van der Waals surface area contributed by atoms with Gasteiger partial charge in [-0.05, 0) is 52.0 Å². The van der Waals surface area contributed by atoms with E-state index in [4.69, 9.17) is 30.8 Å². The van der Waals surface area contributed by atoms with E-state index in [9.17, 15) is 4.79 Å². The molecule has 0 aliphatic carbocycles. The van der Waals surface area contributed by atoms with Gasteiger partial charge in [-0.3, -0.25) is 4.98 Å². The predicted octanol–water partition coefficient (Wildman–Crippen LogP) is 6.46. The number of hydrogen-bond donors (Lipinski definition) is 1. The van der Waals surface area contributed by atoms with Gasteiger partial charge in [0.25, 0.3) is 0 Å². The fourth-order valence-electron chi connectivity index (χ4n) is 4.05. The summed E-state index contributed by atoms with van der Waals surface area (Å²) in [5.41, 5.74) is 3.73. The van der Waals surface area contributed by atoms with Gasteiger partial charge in [0, 0.05) is 38.8 Å². The van der Waals surface area contributed by atoms with Crippen LogP contribution in [0.4, 0.5) is 5.69 Å². The Bertz CT molecular complexity index is 1240. The normalized spacial score (nSPS) is 14.3. The number of aromatic nitrogens is 1. The van der Waals surface area contributed by atoms with Crippen LogP contribution in [0.15, 0.2) is 34.8 Å². The molecule has 4 rings (SSSR count). The molecule has 3 aromatic rings. The quantitative estimate of drug-likeness (QED) is 0.388. The summed E-state index contributed by atoms with van der Waals surface area (Å²) in [5.74, 6) is 0.202. The van der Waals surface area contributed by atoms with Crippen molar-refractivity contribution in [1.82, 2.24) is 4.98 Å². The van der Waals surface area contributed by atoms with E-state index in [0.29, 0.717) is 35.2 Å². The Kier molecular flexibility index (Phi) is 6.58. The van der Waals surface area contributed by atoms with E-state index in [2.05, 4.69) is 21.2 Å². The molecule has 6 nitrogen and oxygen atoms in total. The topological polar surface area (TPSA) is 69.7 Å². The Morgan fingerprint density at radius 1 is 1.27 bits per heavy atom.